The number of carbonyl (C=O) groups is 3. The summed E-state index contributed by atoms with van der Waals surface area (Å²) in [5.41, 5.74) is 1.89. The van der Waals surface area contributed by atoms with Crippen LogP contribution in [-0.4, -0.2) is 38.7 Å². The van der Waals surface area contributed by atoms with Crippen molar-refractivity contribution < 1.29 is 14.4 Å². The van der Waals surface area contributed by atoms with Crippen LogP contribution in [0.5, 0.6) is 0 Å². The Hall–Kier alpha value is -2.96. The van der Waals surface area contributed by atoms with Crippen molar-refractivity contribution in [2.75, 3.05) is 6.54 Å². The molecule has 1 aromatic heterocycles. The number of imide groups is 1. The fourth-order valence-electron chi connectivity index (χ4n) is 3.92. The van der Waals surface area contributed by atoms with Gasteiger partial charge in [0, 0.05) is 20.0 Å². The molecule has 0 spiro atoms. The van der Waals surface area contributed by atoms with Crippen LogP contribution < -0.4 is 5.32 Å². The van der Waals surface area contributed by atoms with Crippen LogP contribution in [-0.2, 0) is 28.0 Å². The maximum Gasteiger partial charge on any atom is 0.233 e. The highest BCUT2D eigenvalue weighted by atomic mass is 16.2. The minimum absolute atomic E-state index is 0.105. The molecule has 0 unspecified atom stereocenters. The predicted molar refractivity (Wildman–Crippen MR) is 99.3 cm³/mol. The number of allylic oxidation sites excluding steroid dienone is 2. The molecule has 27 heavy (non-hydrogen) atoms. The van der Waals surface area contributed by atoms with Crippen molar-refractivity contribution in [1.29, 1.82) is 0 Å². The molecule has 7 nitrogen and oxygen atoms in total. The van der Waals surface area contributed by atoms with E-state index in [0.717, 1.165) is 16.9 Å². The van der Waals surface area contributed by atoms with Crippen LogP contribution in [0.15, 0.2) is 36.4 Å². The maximum absolute atomic E-state index is 12.4. The molecule has 4 rings (SSSR count). The molecule has 2 heterocycles. The molecule has 1 fully saturated rings. The second-order valence-corrected chi connectivity index (χ2v) is 7.09. The average molecular weight is 366 g/mol. The van der Waals surface area contributed by atoms with Crippen molar-refractivity contribution >= 4 is 28.8 Å². The molecule has 1 saturated heterocycles. The average Bonchev–Trinajstić information content (AvgIpc) is 3.14. The standard InChI is InChI=1S/C20H22N4O3/c1-23-16-9-5-4-8-15(16)22-17(23)12-21-18(25)10-11-24-19(26)13-6-2-3-7-14(13)20(24)27/h2-5,8-9,13-14H,6-7,10-12H2,1H3,(H,21,25)/t13-,14-/m0/s1. The van der Waals surface area contributed by atoms with Gasteiger partial charge in [-0.05, 0) is 25.0 Å². The Kier molecular flexibility index (Phi) is 4.51. The zero-order valence-electron chi connectivity index (χ0n) is 15.2. The first-order valence-electron chi connectivity index (χ1n) is 9.23. The lowest BCUT2D eigenvalue weighted by atomic mass is 9.85. The molecule has 3 amide bonds. The number of carbonyl (C=O) groups excluding carboxylic acids is 3. The summed E-state index contributed by atoms with van der Waals surface area (Å²) in [4.78, 5) is 42.8. The molecule has 1 aliphatic heterocycles. The molecule has 2 aromatic rings. The minimum atomic E-state index is -0.245. The van der Waals surface area contributed by atoms with E-state index in [0.29, 0.717) is 19.4 Å². The third-order valence-corrected chi connectivity index (χ3v) is 5.48. The number of likely N-dealkylation sites (tertiary alicyclic amines) is 1. The monoisotopic (exact) mass is 366 g/mol. The number of para-hydroxylation sites is 2. The van der Waals surface area contributed by atoms with Gasteiger partial charge in [-0.3, -0.25) is 19.3 Å². The summed E-state index contributed by atoms with van der Waals surface area (Å²) >= 11 is 0. The zero-order chi connectivity index (χ0) is 19.0. The Morgan fingerprint density at radius 1 is 1.15 bits per heavy atom. The third kappa shape index (κ3) is 3.13. The first-order chi connectivity index (χ1) is 13.1. The van der Waals surface area contributed by atoms with Gasteiger partial charge in [-0.15, -0.1) is 0 Å². The minimum Gasteiger partial charge on any atom is -0.349 e. The fraction of sp³-hybridized carbons (Fsp3) is 0.400. The van der Waals surface area contributed by atoms with E-state index in [-0.39, 0.29) is 42.5 Å². The van der Waals surface area contributed by atoms with Crippen LogP contribution in [0.4, 0.5) is 0 Å². The first-order valence-corrected chi connectivity index (χ1v) is 9.23. The lowest BCUT2D eigenvalue weighted by Gasteiger charge is -2.14. The highest BCUT2D eigenvalue weighted by molar-refractivity contribution is 6.05. The summed E-state index contributed by atoms with van der Waals surface area (Å²) < 4.78 is 1.95. The molecule has 2 aliphatic rings. The molecule has 7 heteroatoms. The maximum atomic E-state index is 12.4. The van der Waals surface area contributed by atoms with Gasteiger partial charge >= 0.3 is 0 Å². The van der Waals surface area contributed by atoms with Gasteiger partial charge in [0.2, 0.25) is 17.7 Å². The topological polar surface area (TPSA) is 84.3 Å². The second-order valence-electron chi connectivity index (χ2n) is 7.09. The van der Waals surface area contributed by atoms with Gasteiger partial charge in [0.15, 0.2) is 0 Å². The Morgan fingerprint density at radius 3 is 2.48 bits per heavy atom. The number of amides is 3. The van der Waals surface area contributed by atoms with E-state index in [1.165, 1.54) is 4.90 Å². The number of aromatic nitrogens is 2. The fourth-order valence-corrected chi connectivity index (χ4v) is 3.92. The van der Waals surface area contributed by atoms with Crippen LogP contribution in [0.2, 0.25) is 0 Å². The second kappa shape index (κ2) is 6.98. The van der Waals surface area contributed by atoms with Crippen LogP contribution >= 0.6 is 0 Å². The van der Waals surface area contributed by atoms with E-state index in [4.69, 9.17) is 0 Å². The largest absolute Gasteiger partial charge is 0.349 e. The number of nitrogens with one attached hydrogen (secondary N) is 1. The van der Waals surface area contributed by atoms with E-state index < -0.39 is 0 Å². The van der Waals surface area contributed by atoms with Crippen LogP contribution in [0.1, 0.15) is 25.1 Å². The first kappa shape index (κ1) is 17.5. The Labute approximate surface area is 157 Å². The van der Waals surface area contributed by atoms with Crippen LogP contribution in [0, 0.1) is 11.8 Å². The molecule has 2 atom stereocenters. The zero-order valence-corrected chi connectivity index (χ0v) is 15.2. The number of imidazole rings is 1. The lowest BCUT2D eigenvalue weighted by Crippen LogP contribution is -2.35. The molecule has 1 N–H and O–H groups in total. The summed E-state index contributed by atoms with van der Waals surface area (Å²) in [6.07, 6.45) is 5.25. The molecular formula is C20H22N4O3. The SMILES string of the molecule is Cn1c(CNC(=O)CCN2C(=O)[C@H]3CC=CC[C@@H]3C2=O)nc2ccccc21. The highest BCUT2D eigenvalue weighted by Crippen LogP contribution is 2.34. The normalized spacial score (nSPS) is 21.7. The van der Waals surface area contributed by atoms with E-state index >= 15 is 0 Å². The van der Waals surface area contributed by atoms with Gasteiger partial charge in [0.05, 0.1) is 29.4 Å². The van der Waals surface area contributed by atoms with E-state index in [1.807, 2.05) is 48.0 Å². The van der Waals surface area contributed by atoms with Gasteiger partial charge in [-0.25, -0.2) is 4.98 Å². The number of hydrogen-bond donors (Lipinski definition) is 1. The van der Waals surface area contributed by atoms with E-state index in [9.17, 15) is 14.4 Å². The molecule has 140 valence electrons. The van der Waals surface area contributed by atoms with Crippen molar-refractivity contribution in [3.05, 3.63) is 42.2 Å². The lowest BCUT2D eigenvalue weighted by molar-refractivity contribution is -0.140. The molecule has 1 aromatic carbocycles. The van der Waals surface area contributed by atoms with Crippen molar-refractivity contribution in [3.63, 3.8) is 0 Å². The predicted octanol–water partition coefficient (Wildman–Crippen LogP) is 1.53. The highest BCUT2D eigenvalue weighted by Gasteiger charge is 2.46. The summed E-state index contributed by atoms with van der Waals surface area (Å²) in [6, 6.07) is 7.78. The summed E-state index contributed by atoms with van der Waals surface area (Å²) in [5.74, 6) is -0.211. The number of nitrogens with zero attached hydrogens (tertiary/aromatic N) is 3. The van der Waals surface area contributed by atoms with Crippen LogP contribution in [0.3, 0.4) is 0 Å². The van der Waals surface area contributed by atoms with Gasteiger partial charge in [0.25, 0.3) is 0 Å². The summed E-state index contributed by atoms with van der Waals surface area (Å²) in [5, 5.41) is 2.83. The Balaban J connectivity index is 1.33. The Morgan fingerprint density at radius 2 is 1.81 bits per heavy atom. The molecule has 0 bridgehead atoms. The molecule has 1 aliphatic carbocycles. The van der Waals surface area contributed by atoms with Gasteiger partial charge in [-0.1, -0.05) is 24.3 Å². The van der Waals surface area contributed by atoms with Gasteiger partial charge < -0.3 is 9.88 Å². The van der Waals surface area contributed by atoms with Crippen molar-refractivity contribution in [2.45, 2.75) is 25.8 Å². The molecular weight excluding hydrogens is 344 g/mol. The van der Waals surface area contributed by atoms with Gasteiger partial charge in [-0.2, -0.15) is 0 Å². The van der Waals surface area contributed by atoms with E-state index in [1.54, 1.807) is 0 Å². The summed E-state index contributed by atoms with van der Waals surface area (Å²) in [7, 11) is 1.91. The van der Waals surface area contributed by atoms with Crippen molar-refractivity contribution in [2.24, 2.45) is 18.9 Å². The number of rotatable bonds is 5. The van der Waals surface area contributed by atoms with Gasteiger partial charge in [0.1, 0.15) is 5.82 Å². The number of hydrogen-bond acceptors (Lipinski definition) is 4. The van der Waals surface area contributed by atoms with Crippen LogP contribution in [0.25, 0.3) is 11.0 Å². The molecule has 0 saturated carbocycles. The smallest absolute Gasteiger partial charge is 0.233 e. The quantitative estimate of drug-likeness (QED) is 0.642. The summed E-state index contributed by atoms with van der Waals surface area (Å²) in [6.45, 7) is 0.445. The van der Waals surface area contributed by atoms with Crippen molar-refractivity contribution in [1.82, 2.24) is 19.8 Å². The van der Waals surface area contributed by atoms with E-state index in [2.05, 4.69) is 10.3 Å². The van der Waals surface area contributed by atoms with Crippen molar-refractivity contribution in [3.8, 4) is 0 Å². The Bertz CT molecular complexity index is 920. The molecule has 0 radical (unpaired) electrons. The number of fused-ring (bicyclic) bond motifs is 2. The number of aryl methyl sites for hydroxylation is 1. The third-order valence-electron chi connectivity index (χ3n) is 5.48. The number of benzene rings is 1.